The Morgan fingerprint density at radius 1 is 1.42 bits per heavy atom. The molecule has 0 amide bonds. The summed E-state index contributed by atoms with van der Waals surface area (Å²) in [5, 5.41) is 8.59. The van der Waals surface area contributed by atoms with Gasteiger partial charge in [0, 0.05) is 5.56 Å². The smallest absolute Gasteiger partial charge is 0.163 e. The summed E-state index contributed by atoms with van der Waals surface area (Å²) in [4.78, 5) is 0. The fourth-order valence-electron chi connectivity index (χ4n) is 0.905. The molecule has 0 aliphatic rings. The summed E-state index contributed by atoms with van der Waals surface area (Å²) in [6.07, 6.45) is 0. The summed E-state index contributed by atoms with van der Waals surface area (Å²) in [7, 11) is 0. The molecule has 0 heterocycles. The highest BCUT2D eigenvalue weighted by Gasteiger charge is 2.12. The molecule has 1 aromatic rings. The van der Waals surface area contributed by atoms with Crippen LogP contribution in [0.1, 0.15) is 11.6 Å². The highest BCUT2D eigenvalue weighted by Crippen LogP contribution is 2.16. The Morgan fingerprint density at radius 3 is 2.67 bits per heavy atom. The molecule has 4 heteroatoms. The molecule has 0 radical (unpaired) electrons. The van der Waals surface area contributed by atoms with Crippen LogP contribution in [0.25, 0.3) is 0 Å². The van der Waals surface area contributed by atoms with Crippen molar-refractivity contribution in [3.05, 3.63) is 35.4 Å². The van der Waals surface area contributed by atoms with Crippen molar-refractivity contribution in [1.29, 1.82) is 0 Å². The lowest BCUT2D eigenvalue weighted by Crippen LogP contribution is -2.16. The summed E-state index contributed by atoms with van der Waals surface area (Å²) in [5.74, 6) is -1.93. The standard InChI is InChI=1S/C8H9F2NO/c9-6-3-1-2-5(8(6)10)7(11)4-12/h1-3,7,12H,4,11H2. The van der Waals surface area contributed by atoms with Crippen molar-refractivity contribution >= 4 is 0 Å². The first-order chi connectivity index (χ1) is 5.66. The molecule has 0 fully saturated rings. The maximum absolute atomic E-state index is 12.9. The van der Waals surface area contributed by atoms with E-state index in [4.69, 9.17) is 10.8 Å². The van der Waals surface area contributed by atoms with Gasteiger partial charge in [0.2, 0.25) is 0 Å². The normalized spacial score (nSPS) is 13.0. The second-order valence-electron chi connectivity index (χ2n) is 2.43. The van der Waals surface area contributed by atoms with Crippen LogP contribution in [0.3, 0.4) is 0 Å². The molecular formula is C8H9F2NO. The molecule has 1 atom stereocenters. The zero-order valence-corrected chi connectivity index (χ0v) is 6.30. The summed E-state index contributed by atoms with van der Waals surface area (Å²) < 4.78 is 25.4. The van der Waals surface area contributed by atoms with Crippen molar-refractivity contribution in [2.75, 3.05) is 6.61 Å². The third kappa shape index (κ3) is 1.60. The number of aliphatic hydroxyl groups excluding tert-OH is 1. The van der Waals surface area contributed by atoms with E-state index in [2.05, 4.69) is 0 Å². The van der Waals surface area contributed by atoms with Gasteiger partial charge >= 0.3 is 0 Å². The summed E-state index contributed by atoms with van der Waals surface area (Å²) in [6, 6.07) is 2.84. The first kappa shape index (κ1) is 9.09. The Balaban J connectivity index is 3.07. The molecule has 0 bridgehead atoms. The van der Waals surface area contributed by atoms with Crippen LogP contribution in [0.15, 0.2) is 18.2 Å². The number of hydrogen-bond donors (Lipinski definition) is 2. The second kappa shape index (κ2) is 3.60. The van der Waals surface area contributed by atoms with E-state index in [0.717, 1.165) is 6.07 Å². The van der Waals surface area contributed by atoms with Gasteiger partial charge in [0.15, 0.2) is 11.6 Å². The van der Waals surface area contributed by atoms with Gasteiger partial charge in [-0.15, -0.1) is 0 Å². The second-order valence-corrected chi connectivity index (χ2v) is 2.43. The van der Waals surface area contributed by atoms with E-state index in [0.29, 0.717) is 0 Å². The predicted octanol–water partition coefficient (Wildman–Crippen LogP) is 0.957. The number of nitrogens with two attached hydrogens (primary N) is 1. The fraction of sp³-hybridized carbons (Fsp3) is 0.250. The molecule has 3 N–H and O–H groups in total. The maximum Gasteiger partial charge on any atom is 0.163 e. The highest BCUT2D eigenvalue weighted by molar-refractivity contribution is 5.22. The van der Waals surface area contributed by atoms with Crippen LogP contribution in [-0.2, 0) is 0 Å². The molecule has 0 aromatic heterocycles. The topological polar surface area (TPSA) is 46.2 Å². The van der Waals surface area contributed by atoms with Crippen LogP contribution in [0.2, 0.25) is 0 Å². The van der Waals surface area contributed by atoms with Crippen molar-refractivity contribution in [3.63, 3.8) is 0 Å². The highest BCUT2D eigenvalue weighted by atomic mass is 19.2. The zero-order chi connectivity index (χ0) is 9.14. The molecule has 0 aliphatic carbocycles. The van der Waals surface area contributed by atoms with Crippen molar-refractivity contribution < 1.29 is 13.9 Å². The lowest BCUT2D eigenvalue weighted by molar-refractivity contribution is 0.264. The number of aliphatic hydroxyl groups is 1. The lowest BCUT2D eigenvalue weighted by atomic mass is 10.1. The average molecular weight is 173 g/mol. The minimum absolute atomic E-state index is 0.00231. The quantitative estimate of drug-likeness (QED) is 0.699. The van der Waals surface area contributed by atoms with E-state index in [-0.39, 0.29) is 5.56 Å². The molecule has 1 unspecified atom stereocenters. The molecule has 0 spiro atoms. The fourth-order valence-corrected chi connectivity index (χ4v) is 0.905. The van der Waals surface area contributed by atoms with Gasteiger partial charge in [0.05, 0.1) is 12.6 Å². The van der Waals surface area contributed by atoms with Crippen molar-refractivity contribution in [1.82, 2.24) is 0 Å². The average Bonchev–Trinajstić information content (AvgIpc) is 2.08. The summed E-state index contributed by atoms with van der Waals surface area (Å²) in [6.45, 7) is -0.402. The van der Waals surface area contributed by atoms with Gasteiger partial charge < -0.3 is 10.8 Å². The molecule has 0 aliphatic heterocycles. The number of halogens is 2. The zero-order valence-electron chi connectivity index (χ0n) is 6.30. The predicted molar refractivity (Wildman–Crippen MR) is 40.4 cm³/mol. The Kier molecular flexibility index (Phi) is 2.73. The number of rotatable bonds is 2. The summed E-state index contributed by atoms with van der Waals surface area (Å²) >= 11 is 0. The van der Waals surface area contributed by atoms with Crippen LogP contribution < -0.4 is 5.73 Å². The Morgan fingerprint density at radius 2 is 2.08 bits per heavy atom. The minimum atomic E-state index is -0.987. The van der Waals surface area contributed by atoms with Crippen LogP contribution in [0, 0.1) is 11.6 Å². The van der Waals surface area contributed by atoms with Gasteiger partial charge in [-0.3, -0.25) is 0 Å². The van der Waals surface area contributed by atoms with Gasteiger partial charge in [0.1, 0.15) is 0 Å². The largest absolute Gasteiger partial charge is 0.394 e. The third-order valence-corrected chi connectivity index (χ3v) is 1.58. The molecule has 1 aromatic carbocycles. The first-order valence-electron chi connectivity index (χ1n) is 3.47. The van der Waals surface area contributed by atoms with Crippen molar-refractivity contribution in [2.45, 2.75) is 6.04 Å². The lowest BCUT2D eigenvalue weighted by Gasteiger charge is -2.09. The monoisotopic (exact) mass is 173 g/mol. The van der Waals surface area contributed by atoms with E-state index >= 15 is 0 Å². The van der Waals surface area contributed by atoms with E-state index in [9.17, 15) is 8.78 Å². The van der Waals surface area contributed by atoms with Gasteiger partial charge in [-0.25, -0.2) is 8.78 Å². The molecule has 66 valence electrons. The SMILES string of the molecule is NC(CO)c1cccc(F)c1F. The van der Waals surface area contributed by atoms with Gasteiger partial charge in [-0.1, -0.05) is 12.1 Å². The minimum Gasteiger partial charge on any atom is -0.394 e. The third-order valence-electron chi connectivity index (χ3n) is 1.58. The molecule has 2 nitrogen and oxygen atoms in total. The Labute approximate surface area is 68.6 Å². The number of hydrogen-bond acceptors (Lipinski definition) is 2. The number of benzene rings is 1. The van der Waals surface area contributed by atoms with E-state index < -0.39 is 24.3 Å². The van der Waals surface area contributed by atoms with Gasteiger partial charge in [-0.2, -0.15) is 0 Å². The van der Waals surface area contributed by atoms with Crippen LogP contribution in [0.4, 0.5) is 8.78 Å². The molecule has 0 saturated carbocycles. The van der Waals surface area contributed by atoms with Crippen molar-refractivity contribution in [3.8, 4) is 0 Å². The van der Waals surface area contributed by atoms with E-state index in [1.807, 2.05) is 0 Å². The Bertz CT molecular complexity index is 278. The molecular weight excluding hydrogens is 164 g/mol. The molecule has 12 heavy (non-hydrogen) atoms. The molecule has 1 rings (SSSR count). The summed E-state index contributed by atoms with van der Waals surface area (Å²) in [5.41, 5.74) is 5.30. The van der Waals surface area contributed by atoms with Crippen LogP contribution in [0.5, 0.6) is 0 Å². The van der Waals surface area contributed by atoms with E-state index in [1.165, 1.54) is 12.1 Å². The van der Waals surface area contributed by atoms with Gasteiger partial charge in [0.25, 0.3) is 0 Å². The Hall–Kier alpha value is -1.00. The molecule has 0 saturated heterocycles. The van der Waals surface area contributed by atoms with Crippen molar-refractivity contribution in [2.24, 2.45) is 5.73 Å². The van der Waals surface area contributed by atoms with E-state index in [1.54, 1.807) is 0 Å². The van der Waals surface area contributed by atoms with Gasteiger partial charge in [-0.05, 0) is 6.07 Å². The first-order valence-corrected chi connectivity index (χ1v) is 3.47. The van der Waals surface area contributed by atoms with Crippen LogP contribution >= 0.6 is 0 Å². The maximum atomic E-state index is 12.9. The van der Waals surface area contributed by atoms with Crippen LogP contribution in [-0.4, -0.2) is 11.7 Å².